The average molecular weight is 937 g/mol. The van der Waals surface area contributed by atoms with Gasteiger partial charge in [0.25, 0.3) is 11.8 Å². The van der Waals surface area contributed by atoms with Crippen molar-refractivity contribution < 1.29 is 33.4 Å². The second kappa shape index (κ2) is 19.7. The molecule has 0 unspecified atom stereocenters. The van der Waals surface area contributed by atoms with Crippen LogP contribution in [-0.2, 0) is 42.1 Å². The number of nitrogens with zero attached hydrogens (tertiary/aromatic N) is 3. The molecule has 2 atom stereocenters. The lowest BCUT2D eigenvalue weighted by molar-refractivity contribution is -0.117. The van der Waals surface area contributed by atoms with Crippen LogP contribution in [0.4, 0.5) is 22.7 Å². The molecule has 11 nitrogen and oxygen atoms in total. The van der Waals surface area contributed by atoms with E-state index in [2.05, 4.69) is 31.3 Å². The van der Waals surface area contributed by atoms with Crippen molar-refractivity contribution >= 4 is 74.1 Å². The number of anilines is 3. The summed E-state index contributed by atoms with van der Waals surface area (Å²) in [6, 6.07) is 29.3. The number of rotatable bonds is 17. The number of aryl methyl sites for hydroxylation is 2. The van der Waals surface area contributed by atoms with Crippen molar-refractivity contribution in [3.8, 4) is 17.2 Å². The summed E-state index contributed by atoms with van der Waals surface area (Å²) >= 11 is 0. The number of carbonyl (C=O) groups excluding carboxylic acids is 4. The second-order valence-corrected chi connectivity index (χ2v) is 21.6. The minimum Gasteiger partial charge on any atom is -0.493 e. The predicted molar refractivity (Wildman–Crippen MR) is 269 cm³/mol. The van der Waals surface area contributed by atoms with Crippen molar-refractivity contribution in [3.63, 3.8) is 0 Å². The summed E-state index contributed by atoms with van der Waals surface area (Å²) in [7, 11) is 5.07. The number of para-hydroxylation sites is 2. The van der Waals surface area contributed by atoms with Crippen LogP contribution in [0.1, 0.15) is 107 Å². The van der Waals surface area contributed by atoms with Gasteiger partial charge in [0.05, 0.1) is 24.4 Å². The highest BCUT2D eigenvalue weighted by Gasteiger charge is 2.38. The molecule has 0 radical (unpaired) electrons. The van der Waals surface area contributed by atoms with Crippen LogP contribution in [-0.4, -0.2) is 59.4 Å². The Balaban J connectivity index is 0.932. The highest BCUT2D eigenvalue weighted by Crippen LogP contribution is 2.43. The quantitative estimate of drug-likeness (QED) is 0.0716. The van der Waals surface area contributed by atoms with Gasteiger partial charge in [0.2, 0.25) is 5.91 Å². The average Bonchev–Trinajstić information content (AvgIpc) is 3.80. The Bertz CT molecular complexity index is 2790. The molecule has 346 valence electrons. The first-order valence-corrected chi connectivity index (χ1v) is 25.4. The van der Waals surface area contributed by atoms with E-state index < -0.39 is 0 Å². The molecule has 5 aromatic rings. The zero-order chi connectivity index (χ0) is 46.8. The summed E-state index contributed by atoms with van der Waals surface area (Å²) < 4.78 is 18.7. The number of hydrogen-bond donors (Lipinski definition) is 1. The number of ether oxygens (including phenoxy) is 3. The first-order valence-electron chi connectivity index (χ1n) is 23.0. The molecule has 13 heteroatoms. The summed E-state index contributed by atoms with van der Waals surface area (Å²) in [5.41, 5.74) is 9.88. The van der Waals surface area contributed by atoms with E-state index in [0.717, 1.165) is 70.6 Å². The highest BCUT2D eigenvalue weighted by atomic mass is 33.1. The van der Waals surface area contributed by atoms with E-state index in [0.29, 0.717) is 65.4 Å². The third-order valence-corrected chi connectivity index (χ3v) is 16.4. The summed E-state index contributed by atoms with van der Waals surface area (Å²) in [4.78, 5) is 61.6. The van der Waals surface area contributed by atoms with Crippen LogP contribution in [0.5, 0.6) is 17.2 Å². The maximum Gasteiger partial charge on any atom is 0.261 e. The van der Waals surface area contributed by atoms with Crippen molar-refractivity contribution in [2.75, 3.05) is 28.0 Å². The van der Waals surface area contributed by atoms with Crippen molar-refractivity contribution in [3.05, 3.63) is 136 Å². The molecule has 4 aliphatic rings. The zero-order valence-electron chi connectivity index (χ0n) is 38.7. The first kappa shape index (κ1) is 46.1. The monoisotopic (exact) mass is 936 g/mol. The maximum absolute atomic E-state index is 14.1. The maximum atomic E-state index is 14.1. The Hall–Kier alpha value is -6.05. The van der Waals surface area contributed by atoms with Gasteiger partial charge in [0, 0.05) is 70.7 Å². The van der Waals surface area contributed by atoms with Crippen molar-refractivity contribution in [1.29, 1.82) is 0 Å². The van der Waals surface area contributed by atoms with Gasteiger partial charge >= 0.3 is 0 Å². The van der Waals surface area contributed by atoms with Gasteiger partial charge in [0.1, 0.15) is 24.7 Å². The topological polar surface area (TPSA) is 127 Å². The predicted octanol–water partition coefficient (Wildman–Crippen LogP) is 11.2. The number of Topliss-reactive ketones (excluding diaryl/α,β-unsaturated/α-hetero) is 1. The number of fused-ring (bicyclic) bond motifs is 8. The third kappa shape index (κ3) is 10.1. The van der Waals surface area contributed by atoms with Crippen LogP contribution in [0.15, 0.2) is 96.0 Å². The Labute approximate surface area is 400 Å². The molecule has 0 aliphatic carbocycles. The van der Waals surface area contributed by atoms with Gasteiger partial charge in [-0.3, -0.25) is 24.3 Å². The number of aliphatic imine (C=N–C) groups is 1. The molecule has 0 bridgehead atoms. The summed E-state index contributed by atoms with van der Waals surface area (Å²) in [5, 5.41) is 3.14. The Kier molecular flexibility index (Phi) is 13.5. The lowest BCUT2D eigenvalue weighted by Gasteiger charge is -2.23. The summed E-state index contributed by atoms with van der Waals surface area (Å²) in [6.07, 6.45) is 7.39. The van der Waals surface area contributed by atoms with Crippen molar-refractivity contribution in [1.82, 2.24) is 0 Å². The van der Waals surface area contributed by atoms with Crippen LogP contribution in [0.2, 0.25) is 0 Å². The molecule has 0 fully saturated rings. The van der Waals surface area contributed by atoms with E-state index in [-0.39, 0.29) is 53.5 Å². The Morgan fingerprint density at radius 3 is 2.21 bits per heavy atom. The Morgan fingerprint density at radius 1 is 0.791 bits per heavy atom. The molecule has 0 saturated heterocycles. The summed E-state index contributed by atoms with van der Waals surface area (Å²) in [5.74, 6) is 2.47. The lowest BCUT2D eigenvalue weighted by atomic mass is 9.99. The molecule has 4 heterocycles. The standard InChI is InChI=1S/C54H56N4O7S2/c1-33-21-44-45(55-30-42-26-39-13-7-9-15-47(39)58(42)53(44)62)29-48(33)64-31-35-22-36(24-40(23-35)56-51(60)18-19-54(3,4)67-66-20-10-11-34(2)59)32-65-50-27-37-16-17-41-25-38-12-6-8-14-46(38)57(41)52(61)43(37)28-49(50)63-5/h6-9,12-15,21-24,27-30,41-42H,10-11,16-20,25-26,31-32H2,1-5H3,(H,56,60)/t41-,42+/m1/s1. The van der Waals surface area contributed by atoms with Gasteiger partial charge < -0.3 is 29.2 Å². The van der Waals surface area contributed by atoms with Crippen LogP contribution in [0, 0.1) is 6.92 Å². The van der Waals surface area contributed by atoms with Gasteiger partial charge in [0.15, 0.2) is 11.5 Å². The molecule has 67 heavy (non-hydrogen) atoms. The van der Waals surface area contributed by atoms with E-state index in [4.69, 9.17) is 19.2 Å². The highest BCUT2D eigenvalue weighted by molar-refractivity contribution is 8.77. The minimum atomic E-state index is -0.156. The molecule has 0 saturated carbocycles. The smallest absolute Gasteiger partial charge is 0.261 e. The molecular formula is C54H56N4O7S2. The van der Waals surface area contributed by atoms with Crippen LogP contribution >= 0.6 is 21.6 Å². The summed E-state index contributed by atoms with van der Waals surface area (Å²) in [6.45, 7) is 8.15. The van der Waals surface area contributed by atoms with E-state index in [1.54, 1.807) is 41.7 Å². The molecule has 5 aromatic carbocycles. The number of amides is 3. The fourth-order valence-corrected chi connectivity index (χ4v) is 12.1. The molecule has 3 amide bonds. The second-order valence-electron chi connectivity index (χ2n) is 18.5. The van der Waals surface area contributed by atoms with E-state index in [9.17, 15) is 19.2 Å². The molecular weight excluding hydrogens is 881 g/mol. The molecule has 0 spiro atoms. The number of benzene rings is 5. The third-order valence-electron chi connectivity index (χ3n) is 12.9. The SMILES string of the molecule is COc1cc2c(cc1OCc1cc(COc3cc4c(cc3C)C(=O)N3c5ccccc5C[C@H]3C=N4)cc(NC(=O)CCC(C)(C)SSCCCC(C)=O)c1)CC[C@@H]1Cc3ccccc3N1C2=O. The normalized spacial score (nSPS) is 16.8. The van der Waals surface area contributed by atoms with E-state index >= 15 is 0 Å². The number of nitrogens with one attached hydrogen (secondary N) is 1. The van der Waals surface area contributed by atoms with Gasteiger partial charge in [-0.25, -0.2) is 0 Å². The fourth-order valence-electron chi connectivity index (χ4n) is 9.48. The molecule has 0 aromatic heterocycles. The lowest BCUT2D eigenvalue weighted by Crippen LogP contribution is -2.37. The van der Waals surface area contributed by atoms with Crippen LogP contribution < -0.4 is 29.3 Å². The molecule has 1 N–H and O–H groups in total. The van der Waals surface area contributed by atoms with Gasteiger partial charge in [-0.05, 0) is 142 Å². The zero-order valence-corrected chi connectivity index (χ0v) is 40.3. The van der Waals surface area contributed by atoms with E-state index in [1.807, 2.05) is 95.7 Å². The minimum absolute atomic E-state index is 0.0278. The number of methoxy groups -OCH3 is 1. The van der Waals surface area contributed by atoms with Gasteiger partial charge in [-0.15, -0.1) is 0 Å². The van der Waals surface area contributed by atoms with Crippen molar-refractivity contribution in [2.45, 2.75) is 109 Å². The van der Waals surface area contributed by atoms with Crippen LogP contribution in [0.3, 0.4) is 0 Å². The van der Waals surface area contributed by atoms with Gasteiger partial charge in [-0.2, -0.15) is 0 Å². The number of ketones is 1. The molecule has 9 rings (SSSR count). The fraction of sp³-hybridized carbons (Fsp3) is 0.352. The van der Waals surface area contributed by atoms with E-state index in [1.165, 1.54) is 5.56 Å². The first-order chi connectivity index (χ1) is 32.3. The van der Waals surface area contributed by atoms with Crippen molar-refractivity contribution in [2.24, 2.45) is 4.99 Å². The number of hydrogen-bond acceptors (Lipinski definition) is 10. The van der Waals surface area contributed by atoms with Crippen LogP contribution in [0.25, 0.3) is 0 Å². The van der Waals surface area contributed by atoms with Gasteiger partial charge in [-0.1, -0.05) is 58.0 Å². The Morgan fingerprint density at radius 2 is 1.48 bits per heavy atom. The largest absolute Gasteiger partial charge is 0.493 e. The number of carbonyl (C=O) groups is 4. The molecule has 4 aliphatic heterocycles.